The summed E-state index contributed by atoms with van der Waals surface area (Å²) in [5.74, 6) is 5.51. The molecule has 2 aromatic heterocycles. The van der Waals surface area contributed by atoms with Crippen LogP contribution in [0.4, 0.5) is 0 Å². The highest BCUT2D eigenvalue weighted by atomic mass is 32.1. The van der Waals surface area contributed by atoms with Crippen molar-refractivity contribution in [2.24, 2.45) is 5.84 Å². The zero-order valence-electron chi connectivity index (χ0n) is 8.09. The Balaban J connectivity index is 1.92. The summed E-state index contributed by atoms with van der Waals surface area (Å²) in [6.45, 7) is 0. The standard InChI is InChI=1S/C9H12N4S2/c10-12-8(9-6-11-13-15-9)4-3-7-2-1-5-14-7/h1-2,5-6,8,12H,3-4,10H2. The number of thiophene rings is 1. The number of aryl methyl sites for hydroxylation is 1. The van der Waals surface area contributed by atoms with Gasteiger partial charge in [-0.15, -0.1) is 16.4 Å². The first-order valence-corrected chi connectivity index (χ1v) is 6.31. The maximum atomic E-state index is 5.51. The molecule has 0 fully saturated rings. The van der Waals surface area contributed by atoms with Gasteiger partial charge in [0.25, 0.3) is 0 Å². The molecule has 0 aliphatic rings. The van der Waals surface area contributed by atoms with Crippen LogP contribution >= 0.6 is 22.9 Å². The lowest BCUT2D eigenvalue weighted by molar-refractivity contribution is 0.525. The van der Waals surface area contributed by atoms with Crippen LogP contribution < -0.4 is 11.3 Å². The van der Waals surface area contributed by atoms with Gasteiger partial charge >= 0.3 is 0 Å². The summed E-state index contributed by atoms with van der Waals surface area (Å²) in [7, 11) is 0. The lowest BCUT2D eigenvalue weighted by Crippen LogP contribution is -2.27. The van der Waals surface area contributed by atoms with Crippen LogP contribution in [0.2, 0.25) is 0 Å². The molecule has 2 heterocycles. The highest BCUT2D eigenvalue weighted by Crippen LogP contribution is 2.21. The van der Waals surface area contributed by atoms with E-state index in [1.165, 1.54) is 16.4 Å². The zero-order chi connectivity index (χ0) is 10.5. The molecule has 0 aliphatic heterocycles. The van der Waals surface area contributed by atoms with Crippen molar-refractivity contribution in [2.45, 2.75) is 18.9 Å². The number of nitrogens with two attached hydrogens (primary N) is 1. The SMILES string of the molecule is NNC(CCc1cccs1)c1cnns1. The molecule has 15 heavy (non-hydrogen) atoms. The third kappa shape index (κ3) is 2.82. The average Bonchev–Trinajstić information content (AvgIpc) is 2.90. The van der Waals surface area contributed by atoms with E-state index < -0.39 is 0 Å². The fourth-order valence-corrected chi connectivity index (χ4v) is 2.70. The monoisotopic (exact) mass is 240 g/mol. The smallest absolute Gasteiger partial charge is 0.0669 e. The van der Waals surface area contributed by atoms with Gasteiger partial charge in [0.05, 0.1) is 17.1 Å². The molecule has 1 atom stereocenters. The summed E-state index contributed by atoms with van der Waals surface area (Å²) >= 11 is 3.17. The molecule has 80 valence electrons. The van der Waals surface area contributed by atoms with Crippen LogP contribution in [-0.2, 0) is 6.42 Å². The first kappa shape index (κ1) is 10.7. The van der Waals surface area contributed by atoms with Crippen LogP contribution in [0.1, 0.15) is 22.2 Å². The fourth-order valence-electron chi connectivity index (χ4n) is 1.38. The van der Waals surface area contributed by atoms with Crippen LogP contribution in [-0.4, -0.2) is 9.59 Å². The Kier molecular flexibility index (Phi) is 3.79. The molecule has 0 aliphatic carbocycles. The van der Waals surface area contributed by atoms with Gasteiger partial charge in [0.2, 0.25) is 0 Å². The van der Waals surface area contributed by atoms with Crippen molar-refractivity contribution < 1.29 is 0 Å². The number of nitrogens with zero attached hydrogens (tertiary/aromatic N) is 2. The Bertz CT molecular complexity index is 371. The average molecular weight is 240 g/mol. The van der Waals surface area contributed by atoms with E-state index in [1.807, 2.05) is 0 Å². The van der Waals surface area contributed by atoms with E-state index in [1.54, 1.807) is 17.5 Å². The van der Waals surface area contributed by atoms with Gasteiger partial charge in [0, 0.05) is 4.88 Å². The second-order valence-electron chi connectivity index (χ2n) is 3.16. The van der Waals surface area contributed by atoms with Crippen LogP contribution in [0.5, 0.6) is 0 Å². The van der Waals surface area contributed by atoms with Crippen molar-refractivity contribution in [2.75, 3.05) is 0 Å². The van der Waals surface area contributed by atoms with Gasteiger partial charge in [-0.25, -0.2) is 0 Å². The first-order valence-electron chi connectivity index (χ1n) is 4.66. The maximum absolute atomic E-state index is 5.51. The Hall–Kier alpha value is -0.820. The van der Waals surface area contributed by atoms with Crippen molar-refractivity contribution >= 4 is 22.9 Å². The Morgan fingerprint density at radius 2 is 2.47 bits per heavy atom. The largest absolute Gasteiger partial charge is 0.271 e. The van der Waals surface area contributed by atoms with E-state index >= 15 is 0 Å². The van der Waals surface area contributed by atoms with E-state index in [2.05, 4.69) is 32.5 Å². The summed E-state index contributed by atoms with van der Waals surface area (Å²) in [6.07, 6.45) is 3.77. The molecule has 0 radical (unpaired) electrons. The van der Waals surface area contributed by atoms with Crippen molar-refractivity contribution in [1.29, 1.82) is 0 Å². The minimum Gasteiger partial charge on any atom is -0.271 e. The molecule has 0 amide bonds. The molecule has 2 rings (SSSR count). The number of aromatic nitrogens is 2. The molecule has 0 aromatic carbocycles. The molecular weight excluding hydrogens is 228 g/mol. The lowest BCUT2D eigenvalue weighted by atomic mass is 10.1. The van der Waals surface area contributed by atoms with Crippen molar-refractivity contribution in [1.82, 2.24) is 15.0 Å². The van der Waals surface area contributed by atoms with Crippen LogP contribution in [0.15, 0.2) is 23.7 Å². The molecule has 2 aromatic rings. The maximum Gasteiger partial charge on any atom is 0.0669 e. The first-order chi connectivity index (χ1) is 7.40. The molecule has 4 nitrogen and oxygen atoms in total. The normalized spacial score (nSPS) is 12.9. The third-order valence-electron chi connectivity index (χ3n) is 2.18. The van der Waals surface area contributed by atoms with Gasteiger partial charge in [0.1, 0.15) is 0 Å². The van der Waals surface area contributed by atoms with Gasteiger partial charge in [-0.05, 0) is 35.8 Å². The third-order valence-corrected chi connectivity index (χ3v) is 3.90. The summed E-state index contributed by atoms with van der Waals surface area (Å²) in [6, 6.07) is 4.37. The predicted octanol–water partition coefficient (Wildman–Crippen LogP) is 1.74. The molecule has 0 bridgehead atoms. The van der Waals surface area contributed by atoms with Gasteiger partial charge in [-0.2, -0.15) is 0 Å². The van der Waals surface area contributed by atoms with Crippen molar-refractivity contribution in [3.63, 3.8) is 0 Å². The van der Waals surface area contributed by atoms with E-state index in [0.29, 0.717) is 0 Å². The molecule has 0 spiro atoms. The number of nitrogens with one attached hydrogen (secondary N) is 1. The summed E-state index contributed by atoms with van der Waals surface area (Å²) in [5.41, 5.74) is 2.80. The van der Waals surface area contributed by atoms with E-state index in [9.17, 15) is 0 Å². The predicted molar refractivity (Wildman–Crippen MR) is 62.6 cm³/mol. The number of hydrogen-bond donors (Lipinski definition) is 2. The van der Waals surface area contributed by atoms with Crippen molar-refractivity contribution in [3.05, 3.63) is 33.5 Å². The van der Waals surface area contributed by atoms with Crippen LogP contribution in [0, 0.1) is 0 Å². The van der Waals surface area contributed by atoms with Crippen LogP contribution in [0.3, 0.4) is 0 Å². The second-order valence-corrected chi connectivity index (χ2v) is 5.01. The zero-order valence-corrected chi connectivity index (χ0v) is 9.72. The minimum absolute atomic E-state index is 0.159. The number of hydrazine groups is 1. The minimum atomic E-state index is 0.159. The number of hydrogen-bond acceptors (Lipinski definition) is 6. The topological polar surface area (TPSA) is 63.8 Å². The van der Waals surface area contributed by atoms with E-state index in [4.69, 9.17) is 5.84 Å². The van der Waals surface area contributed by atoms with Gasteiger partial charge in [0.15, 0.2) is 0 Å². The summed E-state index contributed by atoms with van der Waals surface area (Å²) in [4.78, 5) is 2.47. The Labute approximate surface area is 96.3 Å². The molecule has 1 unspecified atom stereocenters. The summed E-state index contributed by atoms with van der Waals surface area (Å²) < 4.78 is 3.83. The second kappa shape index (κ2) is 5.32. The van der Waals surface area contributed by atoms with Crippen LogP contribution in [0.25, 0.3) is 0 Å². The molecule has 0 saturated heterocycles. The molecule has 6 heteroatoms. The van der Waals surface area contributed by atoms with Gasteiger partial charge in [-0.3, -0.25) is 11.3 Å². The lowest BCUT2D eigenvalue weighted by Gasteiger charge is -2.11. The highest BCUT2D eigenvalue weighted by Gasteiger charge is 2.12. The number of rotatable bonds is 5. The molecule has 3 N–H and O–H groups in total. The molecular formula is C9H12N4S2. The van der Waals surface area contributed by atoms with Gasteiger partial charge in [-0.1, -0.05) is 10.6 Å². The Morgan fingerprint density at radius 1 is 1.53 bits per heavy atom. The Morgan fingerprint density at radius 3 is 3.07 bits per heavy atom. The van der Waals surface area contributed by atoms with E-state index in [0.717, 1.165) is 17.7 Å². The van der Waals surface area contributed by atoms with E-state index in [-0.39, 0.29) is 6.04 Å². The highest BCUT2D eigenvalue weighted by molar-refractivity contribution is 7.09. The fraction of sp³-hybridized carbons (Fsp3) is 0.333. The summed E-state index contributed by atoms with van der Waals surface area (Å²) in [5, 5.41) is 5.90. The van der Waals surface area contributed by atoms with Gasteiger partial charge < -0.3 is 0 Å². The molecule has 0 saturated carbocycles. The van der Waals surface area contributed by atoms with Crippen molar-refractivity contribution in [3.8, 4) is 0 Å². The quantitative estimate of drug-likeness (QED) is 0.617.